The van der Waals surface area contributed by atoms with Crippen LogP contribution in [0.3, 0.4) is 0 Å². The number of anilines is 2. The fourth-order valence-electron chi connectivity index (χ4n) is 5.52. The van der Waals surface area contributed by atoms with Gasteiger partial charge >= 0.3 is 6.09 Å². The van der Waals surface area contributed by atoms with Gasteiger partial charge in [0.05, 0.1) is 56.9 Å². The third-order valence-electron chi connectivity index (χ3n) is 9.74. The van der Waals surface area contributed by atoms with Gasteiger partial charge in [0.2, 0.25) is 0 Å². The summed E-state index contributed by atoms with van der Waals surface area (Å²) in [5.41, 5.74) is 8.70. The molecule has 14 nitrogen and oxygen atoms in total. The van der Waals surface area contributed by atoms with E-state index in [0.717, 1.165) is 11.1 Å². The first-order valence-electron chi connectivity index (χ1n) is 18.6. The number of nitrogens with two attached hydrogens (primary N) is 1. The number of aliphatic hydroxyl groups is 1. The molecule has 15 heteroatoms. The molecule has 1 aliphatic rings. The van der Waals surface area contributed by atoms with Gasteiger partial charge in [-0.1, -0.05) is 57.7 Å². The molecule has 1 atom stereocenters. The largest absolute Gasteiger partial charge is 0.493 e. The molecule has 1 fully saturated rings. The first-order valence-corrected chi connectivity index (χ1v) is 21.5. The summed E-state index contributed by atoms with van der Waals surface area (Å²) in [6.45, 7) is 23.9. The lowest BCUT2D eigenvalue weighted by Gasteiger charge is -2.38. The van der Waals surface area contributed by atoms with Crippen LogP contribution in [-0.4, -0.2) is 103 Å². The zero-order valence-electron chi connectivity index (χ0n) is 34.0. The van der Waals surface area contributed by atoms with E-state index in [2.05, 4.69) is 64.2 Å². The highest BCUT2D eigenvalue weighted by atomic mass is 28.4. The highest BCUT2D eigenvalue weighted by Gasteiger charge is 2.40. The Balaban J connectivity index is 1.75. The molecule has 3 rings (SSSR count). The number of hydrogen-bond acceptors (Lipinski definition) is 11. The number of methoxy groups -OCH3 is 2. The lowest BCUT2D eigenvalue weighted by molar-refractivity contribution is 0.0686. The maximum absolute atomic E-state index is 14.2. The molecule has 0 bridgehead atoms. The minimum absolute atomic E-state index is 0.000126. The number of rotatable bonds is 21. The normalized spacial score (nSPS) is 14.2. The number of nitrogens with zero attached hydrogens (tertiary/aromatic N) is 1. The Hall–Kier alpha value is -4.99. The molecule has 0 spiro atoms. The van der Waals surface area contributed by atoms with Crippen molar-refractivity contribution in [1.82, 2.24) is 10.2 Å². The first kappa shape index (κ1) is 45.4. The second-order valence-electron chi connectivity index (χ2n) is 15.1. The molecule has 1 heterocycles. The van der Waals surface area contributed by atoms with Gasteiger partial charge in [-0.2, -0.15) is 0 Å². The summed E-state index contributed by atoms with van der Waals surface area (Å²) < 4.78 is 34.8. The lowest BCUT2D eigenvalue weighted by Crippen LogP contribution is -2.46. The van der Waals surface area contributed by atoms with Crippen molar-refractivity contribution in [2.75, 3.05) is 71.4 Å². The van der Waals surface area contributed by atoms with Crippen LogP contribution in [-0.2, 0) is 9.16 Å². The molecular weight excluding hydrogens is 737 g/mol. The highest BCUT2D eigenvalue weighted by molar-refractivity contribution is 6.74. The van der Waals surface area contributed by atoms with Gasteiger partial charge in [-0.3, -0.25) is 14.9 Å². The van der Waals surface area contributed by atoms with Crippen molar-refractivity contribution in [3.8, 4) is 23.0 Å². The Labute approximate surface area is 332 Å². The zero-order valence-corrected chi connectivity index (χ0v) is 35.0. The summed E-state index contributed by atoms with van der Waals surface area (Å²) in [5.74, 6) is 0.508. The van der Waals surface area contributed by atoms with E-state index in [0.29, 0.717) is 50.3 Å². The van der Waals surface area contributed by atoms with Gasteiger partial charge in [0, 0.05) is 43.9 Å². The Morgan fingerprint density at radius 2 is 1.62 bits per heavy atom. The average molecular weight is 797 g/mol. The molecule has 1 saturated heterocycles. The Kier molecular flexibility index (Phi) is 16.9. The van der Waals surface area contributed by atoms with E-state index in [9.17, 15) is 14.4 Å². The second kappa shape index (κ2) is 20.8. The standard InChI is InChI=1S/C41H60N4O10Si/c1-11-16-54-40(49)44-33-23-37(35(51-8)21-31(33)39(48)45-25-28(3)19-29(45)26-55-56(9,10)41(4,5)6)53-18-13-17-52-36-22-32(42)30(20-34(36)50-7)38(47)43-24-27(2)14-12-15-46/h11,20-23,29,46H,1-3,12-19,24-26,42H2,4-10H3,(H,43,47)(H,44,49)/t29-/m0/s1. The minimum atomic E-state index is -2.10. The number of hydrogen-bond donors (Lipinski definition) is 4. The summed E-state index contributed by atoms with van der Waals surface area (Å²) in [7, 11) is 0.829. The third-order valence-corrected chi connectivity index (χ3v) is 14.2. The van der Waals surface area contributed by atoms with Crippen molar-refractivity contribution >= 4 is 37.6 Å². The number of benzene rings is 2. The minimum Gasteiger partial charge on any atom is -0.493 e. The van der Waals surface area contributed by atoms with Gasteiger partial charge in [-0.15, -0.1) is 0 Å². The first-order chi connectivity index (χ1) is 26.5. The number of ether oxygens (including phenoxy) is 5. The van der Waals surface area contributed by atoms with Crippen LogP contribution in [0.25, 0.3) is 0 Å². The molecule has 1 aliphatic heterocycles. The maximum atomic E-state index is 14.2. The SMILES string of the molecule is C=CCOC(=O)Nc1cc(OCCCOc2cc(N)c(C(=O)NCC(=C)CCCO)cc2OC)c(OC)cc1C(=O)N1CC(=C)C[C@H]1CO[Si](C)(C)C(C)(C)C. The van der Waals surface area contributed by atoms with Crippen molar-refractivity contribution in [2.24, 2.45) is 0 Å². The summed E-state index contributed by atoms with van der Waals surface area (Å²) in [6.07, 6.45) is 2.84. The van der Waals surface area contributed by atoms with Gasteiger partial charge in [-0.25, -0.2) is 4.79 Å². The number of nitrogens with one attached hydrogen (secondary N) is 2. The van der Waals surface area contributed by atoms with E-state index in [1.807, 2.05) is 0 Å². The van der Waals surface area contributed by atoms with Crippen molar-refractivity contribution in [2.45, 2.75) is 70.6 Å². The van der Waals surface area contributed by atoms with E-state index < -0.39 is 20.3 Å². The Morgan fingerprint density at radius 3 is 2.21 bits per heavy atom. The Morgan fingerprint density at radius 1 is 1.00 bits per heavy atom. The van der Waals surface area contributed by atoms with Crippen molar-refractivity contribution in [3.63, 3.8) is 0 Å². The summed E-state index contributed by atoms with van der Waals surface area (Å²) >= 11 is 0. The quantitative estimate of drug-likeness (QED) is 0.0456. The number of nitrogen functional groups attached to an aromatic ring is 1. The van der Waals surface area contributed by atoms with Crippen LogP contribution in [0.5, 0.6) is 23.0 Å². The van der Waals surface area contributed by atoms with Gasteiger partial charge in [0.15, 0.2) is 31.3 Å². The molecule has 5 N–H and O–H groups in total. The topological polar surface area (TPSA) is 180 Å². The number of amides is 3. The van der Waals surface area contributed by atoms with E-state index in [1.165, 1.54) is 38.5 Å². The van der Waals surface area contributed by atoms with Gasteiger partial charge < -0.3 is 49.2 Å². The molecule has 0 aliphatic carbocycles. The fourth-order valence-corrected chi connectivity index (χ4v) is 6.56. The van der Waals surface area contributed by atoms with Crippen molar-refractivity contribution in [3.05, 3.63) is 72.4 Å². The number of aliphatic hydroxyl groups excluding tert-OH is 1. The lowest BCUT2D eigenvalue weighted by atomic mass is 10.1. The number of likely N-dealkylation sites (tertiary alicyclic amines) is 1. The van der Waals surface area contributed by atoms with Crippen LogP contribution < -0.4 is 35.3 Å². The van der Waals surface area contributed by atoms with Crippen LogP contribution in [0.2, 0.25) is 18.1 Å². The van der Waals surface area contributed by atoms with Crippen molar-refractivity contribution in [1.29, 1.82) is 0 Å². The summed E-state index contributed by atoms with van der Waals surface area (Å²) in [4.78, 5) is 41.5. The second-order valence-corrected chi connectivity index (χ2v) is 19.9. The fraction of sp³-hybridized carbons (Fsp3) is 0.488. The Bertz CT molecular complexity index is 1740. The molecule has 2 aromatic rings. The van der Waals surface area contributed by atoms with Crippen LogP contribution >= 0.6 is 0 Å². The van der Waals surface area contributed by atoms with Crippen LogP contribution in [0.15, 0.2) is 61.2 Å². The molecule has 2 aromatic carbocycles. The molecular formula is C41H60N4O10Si. The van der Waals surface area contributed by atoms with Gasteiger partial charge in [0.1, 0.15) is 6.61 Å². The predicted molar refractivity (Wildman–Crippen MR) is 221 cm³/mol. The highest BCUT2D eigenvalue weighted by Crippen LogP contribution is 2.39. The smallest absolute Gasteiger partial charge is 0.411 e. The molecule has 3 amide bonds. The third kappa shape index (κ3) is 12.5. The molecule has 308 valence electrons. The molecule has 0 saturated carbocycles. The van der Waals surface area contributed by atoms with E-state index in [-0.39, 0.29) is 84.0 Å². The van der Waals surface area contributed by atoms with Gasteiger partial charge in [0.25, 0.3) is 11.8 Å². The summed E-state index contributed by atoms with van der Waals surface area (Å²) in [5, 5.41) is 14.5. The summed E-state index contributed by atoms with van der Waals surface area (Å²) in [6, 6.07) is 5.88. The average Bonchev–Trinajstić information content (AvgIpc) is 3.53. The maximum Gasteiger partial charge on any atom is 0.411 e. The molecule has 56 heavy (non-hydrogen) atoms. The van der Waals surface area contributed by atoms with Crippen LogP contribution in [0, 0.1) is 0 Å². The van der Waals surface area contributed by atoms with Crippen LogP contribution in [0.1, 0.15) is 67.2 Å². The van der Waals surface area contributed by atoms with Gasteiger partial charge in [-0.05, 0) is 49.5 Å². The van der Waals surface area contributed by atoms with Crippen LogP contribution in [0.4, 0.5) is 16.2 Å². The van der Waals surface area contributed by atoms with E-state index in [4.69, 9.17) is 39.0 Å². The predicted octanol–water partition coefficient (Wildman–Crippen LogP) is 6.72. The van der Waals surface area contributed by atoms with E-state index in [1.54, 1.807) is 11.0 Å². The molecule has 0 aromatic heterocycles. The monoisotopic (exact) mass is 796 g/mol. The zero-order chi connectivity index (χ0) is 41.6. The van der Waals surface area contributed by atoms with E-state index >= 15 is 0 Å². The molecule has 0 radical (unpaired) electrons. The van der Waals surface area contributed by atoms with Crippen molar-refractivity contribution < 1.29 is 47.6 Å². The number of carbonyl (C=O) groups excluding carboxylic acids is 3. The molecule has 0 unspecified atom stereocenters. The number of carbonyl (C=O) groups is 3.